The molecule has 2 saturated heterocycles. The normalized spacial score (nSPS) is 18.3. The summed E-state index contributed by atoms with van der Waals surface area (Å²) in [5, 5.41) is 13.7. The molecule has 180 valence electrons. The monoisotopic (exact) mass is 496 g/mol. The van der Waals surface area contributed by atoms with Crippen LogP contribution in [-0.2, 0) is 0 Å². The smallest absolute Gasteiger partial charge is 0.302 e. The first kappa shape index (κ1) is 22.5. The number of nitrogens with one attached hydrogen (secondary N) is 3. The molecule has 0 unspecified atom stereocenters. The fourth-order valence-corrected chi connectivity index (χ4v) is 4.39. The second-order valence-corrected chi connectivity index (χ2v) is 8.56. The number of aliphatic imine (C=N–C) groups is 1. The molecule has 0 saturated carbocycles. The standard InChI is InChI=1S/C20H21ClN12O2/c21-13-14(22)28-16(31-32-23)12(27-13)17(34)29-19-26-9-20(30-19)3-7-33(8-4-20)18(35)11-2-6-25-15-10(11)1-5-24-15/h1-2,5-6H,3-4,7-9H2,(H,24,25)(H4,22,23,28,31)(H2,26,29,30,34). The number of guanidine groups is 1. The van der Waals surface area contributed by atoms with Crippen molar-refractivity contribution in [2.75, 3.05) is 25.4 Å². The van der Waals surface area contributed by atoms with E-state index in [0.29, 0.717) is 43.7 Å². The number of carbonyl (C=O) groups is 2. The van der Waals surface area contributed by atoms with Gasteiger partial charge in [0, 0.05) is 37.4 Å². The number of nitrogens with zero attached hydrogens (tertiary/aromatic N) is 7. The molecule has 0 radical (unpaired) electrons. The molecule has 15 heteroatoms. The van der Waals surface area contributed by atoms with Crippen molar-refractivity contribution in [2.45, 2.75) is 18.4 Å². The zero-order chi connectivity index (χ0) is 24.6. The van der Waals surface area contributed by atoms with Crippen molar-refractivity contribution in [3.8, 4) is 0 Å². The molecule has 3 aromatic heterocycles. The van der Waals surface area contributed by atoms with Crippen molar-refractivity contribution < 1.29 is 9.59 Å². The quantitative estimate of drug-likeness (QED) is 0.198. The van der Waals surface area contributed by atoms with Gasteiger partial charge in [-0.05, 0) is 25.0 Å². The van der Waals surface area contributed by atoms with Crippen LogP contribution in [0.2, 0.25) is 5.15 Å². The highest BCUT2D eigenvalue weighted by Crippen LogP contribution is 2.27. The highest BCUT2D eigenvalue weighted by Gasteiger charge is 2.41. The Bertz CT molecular complexity index is 1380. The SMILES string of the molecule is NN=Nc1nc(N)c(Cl)nc1C(=O)/N=C1\NCC2(CCN(C(=O)c3ccnc4[nH]ccc34)CC2)N1. The highest BCUT2D eigenvalue weighted by atomic mass is 35.5. The van der Waals surface area contributed by atoms with Gasteiger partial charge in [-0.25, -0.2) is 15.0 Å². The summed E-state index contributed by atoms with van der Waals surface area (Å²) in [5.41, 5.74) is 6.34. The van der Waals surface area contributed by atoms with Crippen LogP contribution in [0.5, 0.6) is 0 Å². The summed E-state index contributed by atoms with van der Waals surface area (Å²) >= 11 is 5.90. The lowest BCUT2D eigenvalue weighted by atomic mass is 9.88. The molecule has 0 aromatic carbocycles. The van der Waals surface area contributed by atoms with Gasteiger partial charge >= 0.3 is 5.91 Å². The summed E-state index contributed by atoms with van der Waals surface area (Å²) in [4.78, 5) is 46.8. The number of nitrogens with two attached hydrogens (primary N) is 2. The Morgan fingerprint density at radius 3 is 2.77 bits per heavy atom. The van der Waals surface area contributed by atoms with Crippen molar-refractivity contribution in [1.82, 2.24) is 35.5 Å². The minimum atomic E-state index is -0.741. The van der Waals surface area contributed by atoms with E-state index in [4.69, 9.17) is 23.2 Å². The molecule has 5 heterocycles. The Morgan fingerprint density at radius 2 is 2.00 bits per heavy atom. The largest absolute Gasteiger partial charge is 0.381 e. The number of carbonyl (C=O) groups excluding carboxylic acids is 2. The van der Waals surface area contributed by atoms with Crippen LogP contribution in [-0.4, -0.2) is 67.8 Å². The summed E-state index contributed by atoms with van der Waals surface area (Å²) in [6.45, 7) is 1.63. The van der Waals surface area contributed by atoms with Crippen LogP contribution in [0.15, 0.2) is 39.9 Å². The molecule has 0 bridgehead atoms. The third-order valence-corrected chi connectivity index (χ3v) is 6.38. The van der Waals surface area contributed by atoms with Gasteiger partial charge in [-0.2, -0.15) is 4.99 Å². The van der Waals surface area contributed by atoms with E-state index in [1.165, 1.54) is 0 Å². The zero-order valence-electron chi connectivity index (χ0n) is 18.3. The van der Waals surface area contributed by atoms with E-state index in [1.54, 1.807) is 18.5 Å². The molecule has 0 aliphatic carbocycles. The maximum atomic E-state index is 13.1. The number of pyridine rings is 1. The number of aromatic nitrogens is 4. The molecule has 2 fully saturated rings. The number of amides is 2. The van der Waals surface area contributed by atoms with Crippen molar-refractivity contribution >= 4 is 52.0 Å². The van der Waals surface area contributed by atoms with E-state index >= 15 is 0 Å². The van der Waals surface area contributed by atoms with Crippen LogP contribution in [0.1, 0.15) is 33.7 Å². The van der Waals surface area contributed by atoms with E-state index in [-0.39, 0.29) is 39.9 Å². The Balaban J connectivity index is 1.27. The second-order valence-electron chi connectivity index (χ2n) is 8.20. The maximum Gasteiger partial charge on any atom is 0.302 e. The lowest BCUT2D eigenvalue weighted by molar-refractivity contribution is 0.0671. The van der Waals surface area contributed by atoms with Crippen molar-refractivity contribution in [3.05, 3.63) is 40.9 Å². The van der Waals surface area contributed by atoms with Gasteiger partial charge in [0.05, 0.1) is 11.1 Å². The van der Waals surface area contributed by atoms with Gasteiger partial charge in [0.2, 0.25) is 5.82 Å². The number of piperidine rings is 1. The van der Waals surface area contributed by atoms with Crippen LogP contribution in [0.4, 0.5) is 11.6 Å². The van der Waals surface area contributed by atoms with Crippen molar-refractivity contribution in [2.24, 2.45) is 21.2 Å². The summed E-state index contributed by atoms with van der Waals surface area (Å²) in [6.07, 6.45) is 4.72. The van der Waals surface area contributed by atoms with Crippen LogP contribution < -0.4 is 22.2 Å². The molecule has 0 atom stereocenters. The molecule has 2 amide bonds. The van der Waals surface area contributed by atoms with E-state index < -0.39 is 5.91 Å². The number of likely N-dealkylation sites (tertiary alicyclic amines) is 1. The fraction of sp³-hybridized carbons (Fsp3) is 0.300. The summed E-state index contributed by atoms with van der Waals surface area (Å²) in [5.74, 6) is 4.28. The van der Waals surface area contributed by atoms with Gasteiger partial charge in [0.15, 0.2) is 22.6 Å². The third-order valence-electron chi connectivity index (χ3n) is 6.10. The Labute approximate surface area is 203 Å². The topological polar surface area (TPSA) is 205 Å². The van der Waals surface area contributed by atoms with Gasteiger partial charge in [-0.3, -0.25) is 9.59 Å². The predicted molar refractivity (Wildman–Crippen MR) is 127 cm³/mol. The predicted octanol–water partition coefficient (Wildman–Crippen LogP) is 0.910. The number of rotatable bonds is 3. The van der Waals surface area contributed by atoms with Gasteiger partial charge in [-0.15, -0.1) is 5.11 Å². The van der Waals surface area contributed by atoms with Crippen LogP contribution in [0, 0.1) is 0 Å². The molecule has 1 spiro atoms. The minimum Gasteiger partial charge on any atom is -0.381 e. The number of nitrogen functional groups attached to an aromatic ring is 1. The average Bonchev–Trinajstić information content (AvgIpc) is 3.48. The van der Waals surface area contributed by atoms with E-state index in [9.17, 15) is 9.59 Å². The molecule has 7 N–H and O–H groups in total. The number of halogens is 1. The van der Waals surface area contributed by atoms with Crippen LogP contribution >= 0.6 is 11.6 Å². The molecule has 3 aromatic rings. The lowest BCUT2D eigenvalue weighted by Gasteiger charge is -2.38. The molecule has 35 heavy (non-hydrogen) atoms. The van der Waals surface area contributed by atoms with E-state index in [2.05, 4.69) is 45.9 Å². The number of aromatic amines is 1. The number of fused-ring (bicyclic) bond motifs is 1. The Hall–Kier alpha value is -4.33. The first-order valence-corrected chi connectivity index (χ1v) is 11.1. The second kappa shape index (κ2) is 8.79. The van der Waals surface area contributed by atoms with Crippen molar-refractivity contribution in [3.63, 3.8) is 0 Å². The third kappa shape index (κ3) is 4.19. The van der Waals surface area contributed by atoms with Gasteiger partial charge in [-0.1, -0.05) is 16.8 Å². The summed E-state index contributed by atoms with van der Waals surface area (Å²) < 4.78 is 0. The lowest BCUT2D eigenvalue weighted by Crippen LogP contribution is -2.53. The highest BCUT2D eigenvalue weighted by molar-refractivity contribution is 6.31. The van der Waals surface area contributed by atoms with Gasteiger partial charge in [0.25, 0.3) is 5.91 Å². The Morgan fingerprint density at radius 1 is 1.20 bits per heavy atom. The van der Waals surface area contributed by atoms with Crippen LogP contribution in [0.25, 0.3) is 11.0 Å². The molecular weight excluding hydrogens is 476 g/mol. The Kier molecular flexibility index (Phi) is 5.64. The molecule has 5 rings (SSSR count). The maximum absolute atomic E-state index is 13.1. The molecule has 14 nitrogen and oxygen atoms in total. The van der Waals surface area contributed by atoms with Gasteiger partial charge < -0.3 is 32.1 Å². The molecule has 2 aliphatic heterocycles. The fourth-order valence-electron chi connectivity index (χ4n) is 4.26. The average molecular weight is 497 g/mol. The molecule has 2 aliphatic rings. The van der Waals surface area contributed by atoms with Crippen molar-refractivity contribution in [1.29, 1.82) is 0 Å². The number of hydrogen-bond acceptors (Lipinski definition) is 8. The van der Waals surface area contributed by atoms with E-state index in [0.717, 1.165) is 5.39 Å². The van der Waals surface area contributed by atoms with Gasteiger partial charge in [0.1, 0.15) is 5.65 Å². The first-order valence-electron chi connectivity index (χ1n) is 10.7. The summed E-state index contributed by atoms with van der Waals surface area (Å²) in [6, 6.07) is 3.58. The van der Waals surface area contributed by atoms with E-state index in [1.807, 2.05) is 11.0 Å². The van der Waals surface area contributed by atoms with Crippen LogP contribution in [0.3, 0.4) is 0 Å². The minimum absolute atomic E-state index is 0.0396. The first-order chi connectivity index (χ1) is 16.9. The number of hydrogen-bond donors (Lipinski definition) is 5. The number of anilines is 1. The zero-order valence-corrected chi connectivity index (χ0v) is 19.1. The molecular formula is C20H21ClN12O2. The number of H-pyrrole nitrogens is 1. The summed E-state index contributed by atoms with van der Waals surface area (Å²) in [7, 11) is 0.